The van der Waals surface area contributed by atoms with E-state index in [1.54, 1.807) is 0 Å². The molecule has 0 radical (unpaired) electrons. The summed E-state index contributed by atoms with van der Waals surface area (Å²) in [5, 5.41) is 4.78. The molecule has 0 bridgehead atoms. The van der Waals surface area contributed by atoms with Crippen LogP contribution in [0.4, 0.5) is 0 Å². The standard InChI is InChI=1S/C40H56O4Si4/c1-5-9-33-45(37-25-17-13-18-26-37)41-46(34-10-6-2,38-27-19-14-20-28-38)43-48(36-12-8-4,40-31-23-16-24-32-40)44-47(42-45,35-11-7-3)39-29-21-15-22-30-39/h13-32H,5-12,33-36H2,1-4H3. The quantitative estimate of drug-likeness (QED) is 0.109. The van der Waals surface area contributed by atoms with Gasteiger partial charge < -0.3 is 16.5 Å². The second-order valence-electron chi connectivity index (χ2n) is 13.3. The lowest BCUT2D eigenvalue weighted by Gasteiger charge is -2.54. The molecule has 256 valence electrons. The minimum atomic E-state index is -3.20. The average Bonchev–Trinajstić information content (AvgIpc) is 3.14. The van der Waals surface area contributed by atoms with Crippen LogP contribution in [0.1, 0.15) is 79.1 Å². The summed E-state index contributed by atoms with van der Waals surface area (Å²) >= 11 is 0. The van der Waals surface area contributed by atoms with Crippen LogP contribution in [0.15, 0.2) is 121 Å². The maximum absolute atomic E-state index is 8.18. The zero-order valence-corrected chi connectivity index (χ0v) is 33.7. The molecule has 4 aromatic rings. The molecule has 0 aromatic heterocycles. The molecule has 1 heterocycles. The Kier molecular flexibility index (Phi) is 13.4. The number of unbranched alkanes of at least 4 members (excludes halogenated alkanes) is 4. The summed E-state index contributed by atoms with van der Waals surface area (Å²) in [4.78, 5) is 0. The monoisotopic (exact) mass is 712 g/mol. The molecule has 48 heavy (non-hydrogen) atoms. The highest BCUT2D eigenvalue weighted by Crippen LogP contribution is 2.39. The van der Waals surface area contributed by atoms with Crippen LogP contribution in [0.3, 0.4) is 0 Å². The molecular weight excluding hydrogens is 657 g/mol. The van der Waals surface area contributed by atoms with Gasteiger partial charge in [0, 0.05) is 0 Å². The third-order valence-electron chi connectivity index (χ3n) is 9.61. The summed E-state index contributed by atoms with van der Waals surface area (Å²) < 4.78 is 32.7. The van der Waals surface area contributed by atoms with E-state index in [0.29, 0.717) is 0 Å². The summed E-state index contributed by atoms with van der Waals surface area (Å²) in [6.07, 6.45) is 8.38. The van der Waals surface area contributed by atoms with E-state index in [0.717, 1.165) is 75.5 Å². The minimum Gasteiger partial charge on any atom is -0.409 e. The normalized spacial score (nSPS) is 26.1. The molecule has 4 nitrogen and oxygen atoms in total. The van der Waals surface area contributed by atoms with Crippen LogP contribution in [-0.4, -0.2) is 34.2 Å². The highest BCUT2D eigenvalue weighted by atomic mass is 28.5. The van der Waals surface area contributed by atoms with Gasteiger partial charge in [0.1, 0.15) is 0 Å². The first-order valence-electron chi connectivity index (χ1n) is 18.5. The van der Waals surface area contributed by atoms with Crippen LogP contribution in [0, 0.1) is 0 Å². The minimum absolute atomic E-state index is 0.872. The fraction of sp³-hybridized carbons (Fsp3) is 0.400. The molecule has 5 rings (SSSR count). The van der Waals surface area contributed by atoms with E-state index in [1.165, 1.54) is 20.7 Å². The fourth-order valence-electron chi connectivity index (χ4n) is 7.01. The molecule has 8 heteroatoms. The van der Waals surface area contributed by atoms with Crippen molar-refractivity contribution in [2.24, 2.45) is 0 Å². The lowest BCUT2D eigenvalue weighted by atomic mass is 10.4. The maximum atomic E-state index is 8.18. The van der Waals surface area contributed by atoms with Crippen LogP contribution in [0.2, 0.25) is 24.2 Å². The third-order valence-corrected chi connectivity index (χ3v) is 29.1. The highest BCUT2D eigenvalue weighted by Gasteiger charge is 2.64. The van der Waals surface area contributed by atoms with E-state index in [1.807, 2.05) is 0 Å². The van der Waals surface area contributed by atoms with Gasteiger partial charge in [0.2, 0.25) is 0 Å². The molecular formula is C40H56O4Si4. The molecule has 0 amide bonds. The molecule has 0 saturated carbocycles. The summed E-state index contributed by atoms with van der Waals surface area (Å²) in [5.41, 5.74) is 0. The predicted octanol–water partition coefficient (Wildman–Crippen LogP) is 8.66. The SMILES string of the molecule is CCCC[Si]1(c2ccccc2)O[Si](CCCC)(c2ccccc2)O[Si](CCCC)(c2ccccc2)O[Si](CCCC)(c2ccccc2)O1. The Morgan fingerprint density at radius 2 is 0.500 bits per heavy atom. The van der Waals surface area contributed by atoms with Crippen LogP contribution in [0.25, 0.3) is 0 Å². The molecule has 0 spiro atoms. The number of hydrogen-bond acceptors (Lipinski definition) is 4. The summed E-state index contributed by atoms with van der Waals surface area (Å²) in [6, 6.07) is 47.2. The van der Waals surface area contributed by atoms with Gasteiger partial charge in [-0.15, -0.1) is 0 Å². The van der Waals surface area contributed by atoms with Gasteiger partial charge in [-0.05, 0) is 44.9 Å². The summed E-state index contributed by atoms with van der Waals surface area (Å²) in [6.45, 7) is 9.11. The maximum Gasteiger partial charge on any atom is 0.355 e. The molecule has 0 unspecified atom stereocenters. The average molecular weight is 713 g/mol. The van der Waals surface area contributed by atoms with Crippen molar-refractivity contribution in [1.82, 2.24) is 0 Å². The Labute approximate surface area is 294 Å². The van der Waals surface area contributed by atoms with E-state index in [-0.39, 0.29) is 0 Å². The fourth-order valence-corrected chi connectivity index (χ4v) is 32.0. The largest absolute Gasteiger partial charge is 0.409 e. The van der Waals surface area contributed by atoms with Crippen LogP contribution in [0.5, 0.6) is 0 Å². The van der Waals surface area contributed by atoms with E-state index >= 15 is 0 Å². The first-order valence-corrected chi connectivity index (χ1v) is 26.6. The van der Waals surface area contributed by atoms with Gasteiger partial charge in [0.05, 0.1) is 0 Å². The Morgan fingerprint density at radius 3 is 0.667 bits per heavy atom. The van der Waals surface area contributed by atoms with E-state index < -0.39 is 34.2 Å². The molecule has 1 aliphatic rings. The van der Waals surface area contributed by atoms with Gasteiger partial charge in [0.15, 0.2) is 0 Å². The van der Waals surface area contributed by atoms with E-state index in [9.17, 15) is 0 Å². The van der Waals surface area contributed by atoms with Crippen LogP contribution < -0.4 is 20.7 Å². The van der Waals surface area contributed by atoms with Gasteiger partial charge in [-0.2, -0.15) is 0 Å². The van der Waals surface area contributed by atoms with Gasteiger partial charge in [-0.1, -0.05) is 200 Å². The molecule has 4 aromatic carbocycles. The Balaban J connectivity index is 1.89. The van der Waals surface area contributed by atoms with Gasteiger partial charge in [-0.25, -0.2) is 0 Å². The Morgan fingerprint density at radius 1 is 0.312 bits per heavy atom. The lowest BCUT2D eigenvalue weighted by molar-refractivity contribution is 0.235. The summed E-state index contributed by atoms with van der Waals surface area (Å²) in [7, 11) is -12.8. The van der Waals surface area contributed by atoms with Crippen LogP contribution >= 0.6 is 0 Å². The molecule has 0 aliphatic carbocycles. The zero-order chi connectivity index (χ0) is 33.8. The topological polar surface area (TPSA) is 36.9 Å². The van der Waals surface area contributed by atoms with E-state index in [2.05, 4.69) is 149 Å². The molecule has 1 aliphatic heterocycles. The van der Waals surface area contributed by atoms with Crippen molar-refractivity contribution < 1.29 is 16.5 Å². The number of benzene rings is 4. The van der Waals surface area contributed by atoms with E-state index in [4.69, 9.17) is 16.5 Å². The van der Waals surface area contributed by atoms with Crippen molar-refractivity contribution in [2.45, 2.75) is 103 Å². The van der Waals surface area contributed by atoms with Crippen molar-refractivity contribution in [3.63, 3.8) is 0 Å². The smallest absolute Gasteiger partial charge is 0.355 e. The molecule has 1 fully saturated rings. The second kappa shape index (κ2) is 17.5. The number of hydrogen-bond donors (Lipinski definition) is 0. The first-order chi connectivity index (χ1) is 23.5. The second-order valence-corrected chi connectivity index (χ2v) is 26.9. The third kappa shape index (κ3) is 8.30. The molecule has 1 saturated heterocycles. The highest BCUT2D eigenvalue weighted by molar-refractivity contribution is 7.06. The Hall–Kier alpha value is -2.41. The Bertz CT molecular complexity index is 1250. The van der Waals surface area contributed by atoms with Crippen molar-refractivity contribution >= 4 is 55.0 Å². The predicted molar refractivity (Wildman–Crippen MR) is 211 cm³/mol. The van der Waals surface area contributed by atoms with Gasteiger partial charge in [-0.3, -0.25) is 0 Å². The summed E-state index contributed by atoms with van der Waals surface area (Å²) in [5.74, 6) is 0. The zero-order valence-electron chi connectivity index (χ0n) is 29.7. The number of rotatable bonds is 16. The van der Waals surface area contributed by atoms with Crippen molar-refractivity contribution in [1.29, 1.82) is 0 Å². The van der Waals surface area contributed by atoms with Crippen molar-refractivity contribution in [2.75, 3.05) is 0 Å². The lowest BCUT2D eigenvalue weighted by Crippen LogP contribution is -2.80. The van der Waals surface area contributed by atoms with Gasteiger partial charge >= 0.3 is 34.2 Å². The molecule has 0 N–H and O–H groups in total. The molecule has 0 atom stereocenters. The van der Waals surface area contributed by atoms with Crippen molar-refractivity contribution in [3.05, 3.63) is 121 Å². The van der Waals surface area contributed by atoms with Crippen LogP contribution in [-0.2, 0) is 16.5 Å². The first kappa shape index (κ1) is 36.9. The van der Waals surface area contributed by atoms with Gasteiger partial charge in [0.25, 0.3) is 0 Å². The van der Waals surface area contributed by atoms with Crippen molar-refractivity contribution in [3.8, 4) is 0 Å².